The molecule has 0 radical (unpaired) electrons. The van der Waals surface area contributed by atoms with Gasteiger partial charge >= 0.3 is 0 Å². The molecule has 7 rings (SSSR count). The van der Waals surface area contributed by atoms with Crippen LogP contribution in [0.2, 0.25) is 5.28 Å². The molecule has 36 heavy (non-hydrogen) atoms. The molecule has 0 amide bonds. The Bertz CT molecular complexity index is 1910. The van der Waals surface area contributed by atoms with Crippen molar-refractivity contribution < 1.29 is 0 Å². The van der Waals surface area contributed by atoms with E-state index in [4.69, 9.17) is 16.6 Å². The zero-order valence-corrected chi connectivity index (χ0v) is 20.6. The van der Waals surface area contributed by atoms with E-state index in [1.165, 1.54) is 25.6 Å². The van der Waals surface area contributed by atoms with E-state index in [2.05, 4.69) is 107 Å². The average Bonchev–Trinajstić information content (AvgIpc) is 3.30. The number of benzene rings is 5. The molecule has 0 N–H and O–H groups in total. The van der Waals surface area contributed by atoms with Crippen molar-refractivity contribution >= 4 is 53.9 Å². The molecule has 5 aromatic carbocycles. The fourth-order valence-corrected chi connectivity index (χ4v) is 6.02. The normalized spacial score (nSPS) is 11.5. The van der Waals surface area contributed by atoms with Crippen molar-refractivity contribution in [3.63, 3.8) is 0 Å². The molecule has 0 fully saturated rings. The fraction of sp³-hybridized carbons (Fsp3) is 0. The molecule has 0 aliphatic heterocycles. The van der Waals surface area contributed by atoms with E-state index >= 15 is 0 Å². The van der Waals surface area contributed by atoms with Gasteiger partial charge in [-0.1, -0.05) is 72.8 Å². The first-order valence-corrected chi connectivity index (χ1v) is 12.8. The third-order valence-electron chi connectivity index (χ3n) is 6.45. The maximum Gasteiger partial charge on any atom is 0.226 e. The van der Waals surface area contributed by atoms with Gasteiger partial charge in [-0.3, -0.25) is 0 Å². The molecular weight excluding hydrogens is 482 g/mol. The van der Waals surface area contributed by atoms with Gasteiger partial charge < -0.3 is 0 Å². The number of rotatable bonds is 3. The lowest BCUT2D eigenvalue weighted by Crippen LogP contribution is -1.98. The van der Waals surface area contributed by atoms with E-state index in [0.717, 1.165) is 27.6 Å². The number of thiophene rings is 1. The number of fused-ring (bicyclic) bond motifs is 4. The van der Waals surface area contributed by atoms with Gasteiger partial charge in [0.2, 0.25) is 5.28 Å². The van der Waals surface area contributed by atoms with Crippen LogP contribution in [0.5, 0.6) is 0 Å². The van der Waals surface area contributed by atoms with Gasteiger partial charge in [-0.25, -0.2) is 4.98 Å². The van der Waals surface area contributed by atoms with Gasteiger partial charge in [0.15, 0.2) is 11.6 Å². The van der Waals surface area contributed by atoms with Crippen LogP contribution >= 0.6 is 22.9 Å². The Labute approximate surface area is 216 Å². The lowest BCUT2D eigenvalue weighted by Gasteiger charge is -2.11. The van der Waals surface area contributed by atoms with Crippen LogP contribution < -0.4 is 0 Å². The summed E-state index contributed by atoms with van der Waals surface area (Å²) in [5.41, 5.74) is 4.10. The van der Waals surface area contributed by atoms with E-state index in [1.807, 2.05) is 12.1 Å². The Morgan fingerprint density at radius 1 is 0.500 bits per heavy atom. The van der Waals surface area contributed by atoms with Gasteiger partial charge in [-0.15, -0.1) is 11.3 Å². The highest BCUT2D eigenvalue weighted by Gasteiger charge is 2.14. The first-order chi connectivity index (χ1) is 17.7. The molecule has 0 bridgehead atoms. The van der Waals surface area contributed by atoms with Crippen LogP contribution in [0.15, 0.2) is 109 Å². The van der Waals surface area contributed by atoms with Crippen molar-refractivity contribution in [1.29, 1.82) is 0 Å². The molecule has 0 saturated carbocycles. The highest BCUT2D eigenvalue weighted by Crippen LogP contribution is 2.37. The second-order valence-corrected chi connectivity index (χ2v) is 10.1. The molecule has 2 aromatic heterocycles. The minimum atomic E-state index is 0.180. The fourth-order valence-electron chi connectivity index (χ4n) is 4.77. The van der Waals surface area contributed by atoms with Gasteiger partial charge in [-0.2, -0.15) is 9.97 Å². The van der Waals surface area contributed by atoms with Crippen LogP contribution in [0.25, 0.3) is 64.8 Å². The summed E-state index contributed by atoms with van der Waals surface area (Å²) in [7, 11) is 0. The van der Waals surface area contributed by atoms with E-state index in [9.17, 15) is 0 Å². The third kappa shape index (κ3) is 3.63. The van der Waals surface area contributed by atoms with E-state index in [-0.39, 0.29) is 5.28 Å². The molecule has 170 valence electrons. The Morgan fingerprint density at radius 3 is 2.06 bits per heavy atom. The number of nitrogens with zero attached hydrogens (tertiary/aromatic N) is 3. The van der Waals surface area contributed by atoms with Gasteiger partial charge in [0.05, 0.1) is 0 Å². The van der Waals surface area contributed by atoms with Crippen LogP contribution in [0.4, 0.5) is 0 Å². The predicted octanol–water partition coefficient (Wildman–Crippen LogP) is 9.05. The number of aromatic nitrogens is 3. The minimum Gasteiger partial charge on any atom is -0.208 e. The summed E-state index contributed by atoms with van der Waals surface area (Å²) >= 11 is 8.25. The summed E-state index contributed by atoms with van der Waals surface area (Å²) in [6.45, 7) is 0. The Hall–Kier alpha value is -4.12. The second-order valence-electron chi connectivity index (χ2n) is 8.67. The summed E-state index contributed by atoms with van der Waals surface area (Å²) in [6.07, 6.45) is 0. The number of hydrogen-bond donors (Lipinski definition) is 0. The minimum absolute atomic E-state index is 0.180. The highest BCUT2D eigenvalue weighted by atomic mass is 35.5. The van der Waals surface area contributed by atoms with Crippen molar-refractivity contribution in [3.05, 3.63) is 114 Å². The van der Waals surface area contributed by atoms with Crippen molar-refractivity contribution in [2.24, 2.45) is 0 Å². The molecule has 0 spiro atoms. The highest BCUT2D eigenvalue weighted by molar-refractivity contribution is 7.25. The van der Waals surface area contributed by atoms with Crippen LogP contribution in [-0.4, -0.2) is 15.0 Å². The standard InChI is InChI=1S/C31H18ClN3S/c32-31-34-29(21-14-15-28-26(17-21)24-12-6-7-13-27(24)36-28)33-30(35-31)22-16-20-10-4-5-11-23(20)25(18-22)19-8-2-1-3-9-19/h1-18H. The number of hydrogen-bond acceptors (Lipinski definition) is 4. The zero-order chi connectivity index (χ0) is 24.1. The summed E-state index contributed by atoms with van der Waals surface area (Å²) < 4.78 is 2.51. The second kappa shape index (κ2) is 8.52. The van der Waals surface area contributed by atoms with Crippen LogP contribution in [0, 0.1) is 0 Å². The molecule has 2 heterocycles. The molecular formula is C31H18ClN3S. The van der Waals surface area contributed by atoms with Gasteiger partial charge in [-0.05, 0) is 69.9 Å². The monoisotopic (exact) mass is 499 g/mol. The van der Waals surface area contributed by atoms with Crippen molar-refractivity contribution in [3.8, 4) is 33.9 Å². The first-order valence-electron chi connectivity index (χ1n) is 11.6. The maximum absolute atomic E-state index is 6.46. The van der Waals surface area contributed by atoms with E-state index in [0.29, 0.717) is 11.6 Å². The van der Waals surface area contributed by atoms with E-state index in [1.54, 1.807) is 11.3 Å². The molecule has 0 saturated heterocycles. The summed E-state index contributed by atoms with van der Waals surface area (Å²) in [5, 5.41) is 4.92. The van der Waals surface area contributed by atoms with Crippen molar-refractivity contribution in [2.45, 2.75) is 0 Å². The maximum atomic E-state index is 6.46. The lowest BCUT2D eigenvalue weighted by atomic mass is 9.95. The Balaban J connectivity index is 1.41. The molecule has 3 nitrogen and oxygen atoms in total. The largest absolute Gasteiger partial charge is 0.226 e. The first kappa shape index (κ1) is 21.2. The van der Waals surface area contributed by atoms with E-state index < -0.39 is 0 Å². The summed E-state index contributed by atoms with van der Waals surface area (Å²) in [5.74, 6) is 1.12. The molecule has 0 aliphatic carbocycles. The zero-order valence-electron chi connectivity index (χ0n) is 19.0. The molecule has 0 atom stereocenters. The number of halogens is 1. The molecule has 5 heteroatoms. The molecule has 0 aliphatic rings. The van der Waals surface area contributed by atoms with Gasteiger partial charge in [0.1, 0.15) is 0 Å². The predicted molar refractivity (Wildman–Crippen MR) is 152 cm³/mol. The van der Waals surface area contributed by atoms with Crippen molar-refractivity contribution in [2.75, 3.05) is 0 Å². The SMILES string of the molecule is Clc1nc(-c2cc(-c3ccccc3)c3ccccc3c2)nc(-c2ccc3sc4ccccc4c3c2)n1. The van der Waals surface area contributed by atoms with Gasteiger partial charge in [0.25, 0.3) is 0 Å². The topological polar surface area (TPSA) is 38.7 Å². The summed E-state index contributed by atoms with van der Waals surface area (Å²) in [6, 6.07) is 37.8. The van der Waals surface area contributed by atoms with Crippen LogP contribution in [0.3, 0.4) is 0 Å². The quantitative estimate of drug-likeness (QED) is 0.243. The Morgan fingerprint density at radius 2 is 1.19 bits per heavy atom. The molecule has 7 aromatic rings. The smallest absolute Gasteiger partial charge is 0.208 e. The Kier molecular flexibility index (Phi) is 5.01. The van der Waals surface area contributed by atoms with Crippen LogP contribution in [0.1, 0.15) is 0 Å². The van der Waals surface area contributed by atoms with Crippen LogP contribution in [-0.2, 0) is 0 Å². The third-order valence-corrected chi connectivity index (χ3v) is 7.77. The molecule has 0 unspecified atom stereocenters. The van der Waals surface area contributed by atoms with Gasteiger partial charge in [0, 0.05) is 31.3 Å². The van der Waals surface area contributed by atoms with Crippen molar-refractivity contribution in [1.82, 2.24) is 15.0 Å². The lowest BCUT2D eigenvalue weighted by molar-refractivity contribution is 1.07. The average molecular weight is 500 g/mol. The summed E-state index contributed by atoms with van der Waals surface area (Å²) in [4.78, 5) is 13.9.